The second-order valence-electron chi connectivity index (χ2n) is 3.57. The van der Waals surface area contributed by atoms with E-state index in [1.54, 1.807) is 6.92 Å². The van der Waals surface area contributed by atoms with Crippen molar-refractivity contribution < 1.29 is 27.8 Å². The Bertz CT molecular complexity index is 226. The smallest absolute Gasteiger partial charge is 0.414 e. The van der Waals surface area contributed by atoms with Gasteiger partial charge in [0.25, 0.3) is 0 Å². The number of ether oxygens (including phenoxy) is 1. The summed E-state index contributed by atoms with van der Waals surface area (Å²) in [5, 5.41) is 8.55. The van der Waals surface area contributed by atoms with Crippen molar-refractivity contribution in [3.63, 3.8) is 0 Å². The van der Waals surface area contributed by atoms with Gasteiger partial charge >= 0.3 is 12.1 Å². The van der Waals surface area contributed by atoms with E-state index in [-0.39, 0.29) is 18.8 Å². The molecule has 1 saturated heterocycles. The Hall–Kier alpha value is -0.780. The normalized spacial score (nSPS) is 34.1. The van der Waals surface area contributed by atoms with Crippen LogP contribution in [0.5, 0.6) is 0 Å². The van der Waals surface area contributed by atoms with Gasteiger partial charge in [-0.1, -0.05) is 6.92 Å². The molecule has 0 aromatic rings. The van der Waals surface area contributed by atoms with Crippen molar-refractivity contribution in [3.05, 3.63) is 0 Å². The summed E-state index contributed by atoms with van der Waals surface area (Å²) in [7, 11) is 0. The van der Waals surface area contributed by atoms with Gasteiger partial charge in [-0.2, -0.15) is 13.2 Å². The Balaban J connectivity index is 2.68. The third kappa shape index (κ3) is 2.60. The average molecular weight is 212 g/mol. The molecule has 0 spiro atoms. The zero-order valence-electron chi connectivity index (χ0n) is 7.54. The number of rotatable bonds is 1. The fourth-order valence-corrected chi connectivity index (χ4v) is 1.51. The van der Waals surface area contributed by atoms with Gasteiger partial charge in [0.05, 0.1) is 0 Å². The van der Waals surface area contributed by atoms with E-state index < -0.39 is 24.4 Å². The quantitative estimate of drug-likeness (QED) is 0.721. The van der Waals surface area contributed by atoms with Crippen LogP contribution in [-0.2, 0) is 9.53 Å². The van der Waals surface area contributed by atoms with Crippen molar-refractivity contribution in [3.8, 4) is 0 Å². The molecule has 1 aliphatic heterocycles. The number of hydrogen-bond acceptors (Lipinski definition) is 2. The third-order valence-corrected chi connectivity index (χ3v) is 2.20. The van der Waals surface area contributed by atoms with Crippen LogP contribution in [0, 0.1) is 5.92 Å². The molecule has 1 N–H and O–H groups in total. The van der Waals surface area contributed by atoms with Crippen molar-refractivity contribution in [2.75, 3.05) is 0 Å². The summed E-state index contributed by atoms with van der Waals surface area (Å²) in [5.41, 5.74) is 0. The van der Waals surface area contributed by atoms with Gasteiger partial charge in [0, 0.05) is 0 Å². The highest BCUT2D eigenvalue weighted by molar-refractivity contribution is 5.72. The summed E-state index contributed by atoms with van der Waals surface area (Å²) in [5.74, 6) is -1.61. The van der Waals surface area contributed by atoms with E-state index in [2.05, 4.69) is 4.74 Å². The molecule has 6 heteroatoms. The van der Waals surface area contributed by atoms with Gasteiger partial charge in [-0.25, -0.2) is 4.79 Å². The Morgan fingerprint density at radius 1 is 1.43 bits per heavy atom. The van der Waals surface area contributed by atoms with Crippen molar-refractivity contribution >= 4 is 5.97 Å². The second-order valence-corrected chi connectivity index (χ2v) is 3.57. The van der Waals surface area contributed by atoms with Crippen LogP contribution >= 0.6 is 0 Å². The first kappa shape index (κ1) is 11.3. The fourth-order valence-electron chi connectivity index (χ4n) is 1.51. The molecule has 1 rings (SSSR count). The Morgan fingerprint density at radius 3 is 2.43 bits per heavy atom. The maximum atomic E-state index is 12.2. The highest BCUT2D eigenvalue weighted by Crippen LogP contribution is 2.34. The van der Waals surface area contributed by atoms with Crippen LogP contribution in [0.25, 0.3) is 0 Å². The van der Waals surface area contributed by atoms with E-state index in [0.29, 0.717) is 0 Å². The maximum absolute atomic E-state index is 12.2. The van der Waals surface area contributed by atoms with Gasteiger partial charge in [-0.05, 0) is 18.8 Å². The van der Waals surface area contributed by atoms with E-state index in [9.17, 15) is 18.0 Å². The number of aliphatic carboxylic acids is 1. The van der Waals surface area contributed by atoms with Gasteiger partial charge in [0.15, 0.2) is 12.2 Å². The zero-order chi connectivity index (χ0) is 10.9. The van der Waals surface area contributed by atoms with Gasteiger partial charge in [-0.15, -0.1) is 0 Å². The van der Waals surface area contributed by atoms with Gasteiger partial charge in [0.1, 0.15) is 0 Å². The van der Waals surface area contributed by atoms with Crippen molar-refractivity contribution in [1.82, 2.24) is 0 Å². The minimum Gasteiger partial charge on any atom is -0.479 e. The maximum Gasteiger partial charge on any atom is 0.414 e. The molecule has 3 nitrogen and oxygen atoms in total. The monoisotopic (exact) mass is 212 g/mol. The number of hydrogen-bond donors (Lipinski definition) is 1. The average Bonchev–Trinajstić information content (AvgIpc) is 2.01. The van der Waals surface area contributed by atoms with E-state index >= 15 is 0 Å². The molecular weight excluding hydrogens is 201 g/mol. The summed E-state index contributed by atoms with van der Waals surface area (Å²) in [4.78, 5) is 10.5. The predicted octanol–water partition coefficient (Wildman–Crippen LogP) is 1.82. The fraction of sp³-hybridized carbons (Fsp3) is 0.875. The first-order valence-corrected chi connectivity index (χ1v) is 4.25. The molecule has 0 radical (unpaired) electrons. The minimum absolute atomic E-state index is 0.141. The van der Waals surface area contributed by atoms with Gasteiger partial charge in [0.2, 0.25) is 0 Å². The highest BCUT2D eigenvalue weighted by atomic mass is 19.4. The van der Waals surface area contributed by atoms with Crippen LogP contribution < -0.4 is 0 Å². The van der Waals surface area contributed by atoms with Crippen LogP contribution in [0.1, 0.15) is 19.8 Å². The summed E-state index contributed by atoms with van der Waals surface area (Å²) in [6.07, 6.45) is -7.75. The zero-order valence-corrected chi connectivity index (χ0v) is 7.54. The predicted molar refractivity (Wildman–Crippen MR) is 40.7 cm³/mol. The number of carboxylic acid groups (broad SMARTS) is 1. The molecular formula is C8H11F3O3. The van der Waals surface area contributed by atoms with Crippen molar-refractivity contribution in [1.29, 1.82) is 0 Å². The summed E-state index contributed by atoms with van der Waals surface area (Å²) >= 11 is 0. The SMILES string of the molecule is CC1CC(C(=O)O)OC(C(F)(F)F)C1. The lowest BCUT2D eigenvalue weighted by atomic mass is 9.93. The topological polar surface area (TPSA) is 46.5 Å². The standard InChI is InChI=1S/C8H11F3O3/c1-4-2-5(7(12)13)14-6(3-4)8(9,10)11/h4-6H,2-3H2,1H3,(H,12,13). The van der Waals surface area contributed by atoms with Gasteiger partial charge < -0.3 is 9.84 Å². The minimum atomic E-state index is -4.47. The molecule has 0 amide bonds. The molecule has 0 aromatic heterocycles. The van der Waals surface area contributed by atoms with E-state index in [1.165, 1.54) is 0 Å². The summed E-state index contributed by atoms with van der Waals surface area (Å²) in [6.45, 7) is 1.59. The van der Waals surface area contributed by atoms with Crippen LogP contribution in [-0.4, -0.2) is 29.5 Å². The van der Waals surface area contributed by atoms with Crippen molar-refractivity contribution in [2.24, 2.45) is 5.92 Å². The Kier molecular flexibility index (Phi) is 3.04. The van der Waals surface area contributed by atoms with Crippen LogP contribution in [0.4, 0.5) is 13.2 Å². The molecule has 1 aliphatic rings. The van der Waals surface area contributed by atoms with Gasteiger partial charge in [-0.3, -0.25) is 0 Å². The molecule has 3 unspecified atom stereocenters. The number of carbonyl (C=O) groups is 1. The van der Waals surface area contributed by atoms with Crippen LogP contribution in [0.2, 0.25) is 0 Å². The Morgan fingerprint density at radius 2 is 2.00 bits per heavy atom. The molecule has 0 aromatic carbocycles. The molecule has 1 heterocycles. The van der Waals surface area contributed by atoms with E-state index in [4.69, 9.17) is 5.11 Å². The van der Waals surface area contributed by atoms with Crippen LogP contribution in [0.15, 0.2) is 0 Å². The molecule has 1 fully saturated rings. The molecule has 0 bridgehead atoms. The molecule has 82 valence electrons. The third-order valence-electron chi connectivity index (χ3n) is 2.20. The lowest BCUT2D eigenvalue weighted by Gasteiger charge is -2.32. The lowest BCUT2D eigenvalue weighted by Crippen LogP contribution is -2.44. The van der Waals surface area contributed by atoms with Crippen LogP contribution in [0.3, 0.4) is 0 Å². The van der Waals surface area contributed by atoms with Crippen molar-refractivity contribution in [2.45, 2.75) is 38.1 Å². The molecule has 0 saturated carbocycles. The number of halogens is 3. The first-order valence-electron chi connectivity index (χ1n) is 4.25. The second kappa shape index (κ2) is 3.76. The first-order chi connectivity index (χ1) is 6.30. The lowest BCUT2D eigenvalue weighted by molar-refractivity contribution is -0.251. The highest BCUT2D eigenvalue weighted by Gasteiger charge is 2.46. The molecule has 0 aliphatic carbocycles. The molecule has 3 atom stereocenters. The molecule has 14 heavy (non-hydrogen) atoms. The largest absolute Gasteiger partial charge is 0.479 e. The Labute approximate surface area is 78.9 Å². The van der Waals surface area contributed by atoms with E-state index in [1.807, 2.05) is 0 Å². The van der Waals surface area contributed by atoms with E-state index in [0.717, 1.165) is 0 Å². The number of alkyl halides is 3. The summed E-state index contributed by atoms with van der Waals surface area (Å²) in [6, 6.07) is 0. The number of carboxylic acids is 1. The summed E-state index contributed by atoms with van der Waals surface area (Å²) < 4.78 is 41.2.